The molecule has 3 aromatic rings. The Bertz CT molecular complexity index is 1210. The molecule has 3 N–H and O–H groups in total. The number of hydrogen-bond donors (Lipinski definition) is 3. The lowest BCUT2D eigenvalue weighted by Gasteiger charge is -2.34. The molecule has 0 aliphatic rings. The predicted octanol–water partition coefficient (Wildman–Crippen LogP) is 5.89. The molecule has 3 rings (SSSR count). The highest BCUT2D eigenvalue weighted by molar-refractivity contribution is 7.87. The van der Waals surface area contributed by atoms with Crippen molar-refractivity contribution in [3.05, 3.63) is 91.4 Å². The minimum absolute atomic E-state index is 0.0976. The van der Waals surface area contributed by atoms with Crippen molar-refractivity contribution in [2.75, 3.05) is 0 Å². The normalized spacial score (nSPS) is 13.8. The molecule has 152 valence electrons. The zero-order valence-electron chi connectivity index (χ0n) is 14.3. The van der Waals surface area contributed by atoms with Crippen molar-refractivity contribution in [2.45, 2.75) is 4.75 Å². The summed E-state index contributed by atoms with van der Waals surface area (Å²) in [6, 6.07) is 11.7. The number of aromatic hydroxyl groups is 2. The van der Waals surface area contributed by atoms with Crippen LogP contribution in [-0.2, 0) is 14.9 Å². The van der Waals surface area contributed by atoms with E-state index in [2.05, 4.69) is 0 Å². The van der Waals surface area contributed by atoms with Gasteiger partial charge in [-0.3, -0.25) is 4.55 Å². The molecule has 1 unspecified atom stereocenters. The van der Waals surface area contributed by atoms with Crippen molar-refractivity contribution in [1.82, 2.24) is 0 Å². The standard InChI is InChI=1S/C19H12Cl4O5S/c20-11-3-1-2-10(8-11)19(29(26,27)28,13-9-12(21)4-5-14(13)22)17-16(24)7-6-15(23)18(17)25/h1-9,24-25H,(H,26,27,28). The van der Waals surface area contributed by atoms with Gasteiger partial charge in [0.25, 0.3) is 10.1 Å². The Morgan fingerprint density at radius 1 is 0.793 bits per heavy atom. The largest absolute Gasteiger partial charge is 0.507 e. The van der Waals surface area contributed by atoms with Crippen LogP contribution in [0.15, 0.2) is 54.6 Å². The van der Waals surface area contributed by atoms with E-state index < -0.39 is 31.9 Å². The Morgan fingerprint density at radius 3 is 2.03 bits per heavy atom. The average molecular weight is 494 g/mol. The van der Waals surface area contributed by atoms with Crippen LogP contribution in [0.4, 0.5) is 0 Å². The molecular formula is C19H12Cl4O5S. The topological polar surface area (TPSA) is 94.8 Å². The monoisotopic (exact) mass is 492 g/mol. The Labute approximate surface area is 186 Å². The molecule has 0 heterocycles. The van der Waals surface area contributed by atoms with E-state index in [-0.39, 0.29) is 31.2 Å². The number of rotatable bonds is 4. The molecule has 0 amide bonds. The number of halogens is 4. The zero-order valence-corrected chi connectivity index (χ0v) is 18.1. The van der Waals surface area contributed by atoms with E-state index in [1.807, 2.05) is 0 Å². The summed E-state index contributed by atoms with van der Waals surface area (Å²) >= 11 is 24.5. The first kappa shape index (κ1) is 22.0. The van der Waals surface area contributed by atoms with Gasteiger partial charge in [-0.05, 0) is 48.0 Å². The molecular weight excluding hydrogens is 482 g/mol. The molecule has 0 fully saturated rings. The van der Waals surface area contributed by atoms with E-state index >= 15 is 0 Å². The Kier molecular flexibility index (Phi) is 5.98. The molecule has 1 atom stereocenters. The van der Waals surface area contributed by atoms with E-state index in [0.29, 0.717) is 0 Å². The molecule has 3 aromatic carbocycles. The summed E-state index contributed by atoms with van der Waals surface area (Å²) in [5, 5.41) is 21.1. The molecule has 0 bridgehead atoms. The first-order valence-electron chi connectivity index (χ1n) is 7.89. The van der Waals surface area contributed by atoms with E-state index in [1.165, 1.54) is 48.5 Å². The fraction of sp³-hybridized carbons (Fsp3) is 0.0526. The van der Waals surface area contributed by atoms with Gasteiger partial charge in [0.2, 0.25) is 0 Å². The Balaban J connectivity index is 2.68. The molecule has 0 saturated carbocycles. The van der Waals surface area contributed by atoms with E-state index in [1.54, 1.807) is 0 Å². The van der Waals surface area contributed by atoms with Crippen molar-refractivity contribution in [1.29, 1.82) is 0 Å². The third-order valence-corrected chi connectivity index (χ3v) is 6.92. The molecule has 0 aliphatic carbocycles. The molecule has 29 heavy (non-hydrogen) atoms. The van der Waals surface area contributed by atoms with Gasteiger partial charge in [0.05, 0.1) is 10.6 Å². The van der Waals surface area contributed by atoms with Gasteiger partial charge in [0, 0.05) is 20.6 Å². The van der Waals surface area contributed by atoms with Crippen LogP contribution >= 0.6 is 46.4 Å². The fourth-order valence-electron chi connectivity index (χ4n) is 3.23. The summed E-state index contributed by atoms with van der Waals surface area (Å²) in [7, 11) is -5.18. The van der Waals surface area contributed by atoms with Gasteiger partial charge in [0.15, 0.2) is 4.75 Å². The Morgan fingerprint density at radius 2 is 1.41 bits per heavy atom. The van der Waals surface area contributed by atoms with Gasteiger partial charge < -0.3 is 10.2 Å². The number of phenols is 2. The third kappa shape index (κ3) is 3.65. The van der Waals surface area contributed by atoms with Gasteiger partial charge in [0.1, 0.15) is 11.5 Å². The number of hydrogen-bond acceptors (Lipinski definition) is 4. The minimum Gasteiger partial charge on any atom is -0.507 e. The van der Waals surface area contributed by atoms with Gasteiger partial charge in [-0.25, -0.2) is 0 Å². The average Bonchev–Trinajstić information content (AvgIpc) is 2.63. The maximum absolute atomic E-state index is 13.0. The van der Waals surface area contributed by atoms with Crippen molar-refractivity contribution in [3.63, 3.8) is 0 Å². The molecule has 5 nitrogen and oxygen atoms in total. The van der Waals surface area contributed by atoms with Crippen molar-refractivity contribution >= 4 is 56.5 Å². The quantitative estimate of drug-likeness (QED) is 0.311. The first-order valence-corrected chi connectivity index (χ1v) is 10.8. The minimum atomic E-state index is -5.18. The van der Waals surface area contributed by atoms with Crippen LogP contribution in [0, 0.1) is 0 Å². The van der Waals surface area contributed by atoms with Crippen LogP contribution in [0.1, 0.15) is 16.7 Å². The fourth-order valence-corrected chi connectivity index (χ4v) is 5.39. The summed E-state index contributed by atoms with van der Waals surface area (Å²) in [5.41, 5.74) is -0.923. The maximum atomic E-state index is 13.0. The lowest BCUT2D eigenvalue weighted by molar-refractivity contribution is 0.416. The number of phenolic OH excluding ortho intramolecular Hbond substituents is 2. The molecule has 0 aromatic heterocycles. The van der Waals surface area contributed by atoms with Crippen molar-refractivity contribution < 1.29 is 23.2 Å². The van der Waals surface area contributed by atoms with E-state index in [9.17, 15) is 23.2 Å². The lowest BCUT2D eigenvalue weighted by Crippen LogP contribution is -2.38. The molecule has 10 heteroatoms. The summed E-state index contributed by atoms with van der Waals surface area (Å²) in [5.74, 6) is -1.42. The van der Waals surface area contributed by atoms with Gasteiger partial charge in [-0.2, -0.15) is 8.42 Å². The summed E-state index contributed by atoms with van der Waals surface area (Å²) < 4.78 is 33.9. The van der Waals surface area contributed by atoms with E-state index in [4.69, 9.17) is 46.4 Å². The molecule has 0 saturated heterocycles. The maximum Gasteiger partial charge on any atom is 0.283 e. The van der Waals surface area contributed by atoms with E-state index in [0.717, 1.165) is 6.07 Å². The summed E-state index contributed by atoms with van der Waals surface area (Å²) in [4.78, 5) is 0. The highest BCUT2D eigenvalue weighted by atomic mass is 35.5. The molecule has 0 radical (unpaired) electrons. The highest BCUT2D eigenvalue weighted by Crippen LogP contribution is 2.54. The Hall–Kier alpha value is -1.67. The second kappa shape index (κ2) is 7.87. The SMILES string of the molecule is O=S(=O)(O)C(c1cccc(Cl)c1)(c1cc(Cl)ccc1Cl)c1c(O)ccc(Cl)c1O. The lowest BCUT2D eigenvalue weighted by atomic mass is 9.82. The van der Waals surface area contributed by atoms with Crippen LogP contribution in [0.5, 0.6) is 11.5 Å². The third-order valence-electron chi connectivity index (χ3n) is 4.38. The van der Waals surface area contributed by atoms with Gasteiger partial charge in [-0.1, -0.05) is 58.5 Å². The smallest absolute Gasteiger partial charge is 0.283 e. The first-order chi connectivity index (χ1) is 13.5. The zero-order chi connectivity index (χ0) is 21.6. The van der Waals surface area contributed by atoms with Crippen molar-refractivity contribution in [3.8, 4) is 11.5 Å². The second-order valence-corrected chi connectivity index (χ2v) is 9.33. The predicted molar refractivity (Wildman–Crippen MR) is 114 cm³/mol. The summed E-state index contributed by atoms with van der Waals surface area (Å²) in [6.07, 6.45) is 0. The second-order valence-electron chi connectivity index (χ2n) is 6.08. The van der Waals surface area contributed by atoms with Crippen LogP contribution in [0.3, 0.4) is 0 Å². The van der Waals surface area contributed by atoms with Crippen LogP contribution in [0.25, 0.3) is 0 Å². The molecule has 0 spiro atoms. The van der Waals surface area contributed by atoms with Crippen LogP contribution in [-0.4, -0.2) is 23.2 Å². The highest BCUT2D eigenvalue weighted by Gasteiger charge is 2.53. The van der Waals surface area contributed by atoms with Crippen LogP contribution < -0.4 is 0 Å². The van der Waals surface area contributed by atoms with Gasteiger partial charge >= 0.3 is 0 Å². The van der Waals surface area contributed by atoms with Gasteiger partial charge in [-0.15, -0.1) is 0 Å². The van der Waals surface area contributed by atoms with Crippen molar-refractivity contribution in [2.24, 2.45) is 0 Å². The van der Waals surface area contributed by atoms with Crippen LogP contribution in [0.2, 0.25) is 20.1 Å². The summed E-state index contributed by atoms with van der Waals surface area (Å²) in [6.45, 7) is 0. The molecule has 0 aliphatic heterocycles. The number of benzene rings is 3.